The lowest BCUT2D eigenvalue weighted by Crippen LogP contribution is -2.38. The van der Waals surface area contributed by atoms with Gasteiger partial charge in [0.25, 0.3) is 5.56 Å². The van der Waals surface area contributed by atoms with E-state index in [1.165, 1.54) is 0 Å². The fourth-order valence-corrected chi connectivity index (χ4v) is 4.31. The van der Waals surface area contributed by atoms with E-state index in [9.17, 15) is 9.59 Å². The van der Waals surface area contributed by atoms with Crippen LogP contribution >= 0.6 is 11.6 Å². The van der Waals surface area contributed by atoms with Crippen molar-refractivity contribution in [3.05, 3.63) is 69.7 Å². The van der Waals surface area contributed by atoms with E-state index in [4.69, 9.17) is 16.6 Å². The molecule has 0 aliphatic carbocycles. The molecule has 0 bridgehead atoms. The summed E-state index contributed by atoms with van der Waals surface area (Å²) in [4.78, 5) is 33.8. The lowest BCUT2D eigenvalue weighted by atomic mass is 10.1. The normalized spacial score (nSPS) is 12.3. The van der Waals surface area contributed by atoms with Gasteiger partial charge in [0.05, 0.1) is 22.6 Å². The molecule has 1 amide bonds. The minimum absolute atomic E-state index is 0.120. The SMILES string of the molecule is CCCCCCC(=O)N(CCC(C)C)C(C)c1nc2ccccc2c(=O)n1-c1ccc(Cl)cc1. The highest BCUT2D eigenvalue weighted by molar-refractivity contribution is 6.30. The number of carbonyl (C=O) groups excluding carboxylic acids is 1. The second-order valence-corrected chi connectivity index (χ2v) is 9.80. The smallest absolute Gasteiger partial charge is 0.266 e. The monoisotopic (exact) mass is 481 g/mol. The molecule has 0 N–H and O–H groups in total. The number of para-hydroxylation sites is 1. The summed E-state index contributed by atoms with van der Waals surface area (Å²) >= 11 is 6.11. The number of rotatable bonds is 11. The predicted octanol–water partition coefficient (Wildman–Crippen LogP) is 6.95. The summed E-state index contributed by atoms with van der Waals surface area (Å²) in [6, 6.07) is 14.2. The van der Waals surface area contributed by atoms with E-state index in [1.54, 1.807) is 22.8 Å². The van der Waals surface area contributed by atoms with Crippen molar-refractivity contribution in [2.75, 3.05) is 6.54 Å². The van der Waals surface area contributed by atoms with Gasteiger partial charge in [0.15, 0.2) is 0 Å². The number of nitrogens with zero attached hydrogens (tertiary/aromatic N) is 3. The first-order valence-electron chi connectivity index (χ1n) is 12.4. The summed E-state index contributed by atoms with van der Waals surface area (Å²) in [5.74, 6) is 1.15. The number of hydrogen-bond donors (Lipinski definition) is 0. The number of benzene rings is 2. The molecule has 1 atom stereocenters. The summed E-state index contributed by atoms with van der Waals surface area (Å²) < 4.78 is 1.63. The van der Waals surface area contributed by atoms with E-state index in [0.29, 0.717) is 46.3 Å². The Bertz CT molecular complexity index is 1150. The third kappa shape index (κ3) is 6.26. The van der Waals surface area contributed by atoms with Crippen LogP contribution in [0.15, 0.2) is 53.3 Å². The van der Waals surface area contributed by atoms with Crippen LogP contribution in [-0.2, 0) is 4.79 Å². The Labute approximate surface area is 207 Å². The molecule has 0 spiro atoms. The molecular weight excluding hydrogens is 446 g/mol. The van der Waals surface area contributed by atoms with Crippen LogP contribution in [0, 0.1) is 5.92 Å². The van der Waals surface area contributed by atoms with Crippen molar-refractivity contribution >= 4 is 28.4 Å². The average molecular weight is 482 g/mol. The fourth-order valence-electron chi connectivity index (χ4n) is 4.19. The molecule has 0 saturated heterocycles. The second-order valence-electron chi connectivity index (χ2n) is 9.36. The first kappa shape index (κ1) is 26.0. The van der Waals surface area contributed by atoms with Crippen molar-refractivity contribution in [3.8, 4) is 5.69 Å². The lowest BCUT2D eigenvalue weighted by molar-refractivity contribution is -0.133. The maximum absolute atomic E-state index is 13.6. The number of unbranched alkanes of at least 4 members (excludes halogenated alkanes) is 3. The third-order valence-corrected chi connectivity index (χ3v) is 6.49. The van der Waals surface area contributed by atoms with Crippen LogP contribution in [0.3, 0.4) is 0 Å². The Morgan fingerprint density at radius 1 is 1.03 bits per heavy atom. The number of fused-ring (bicyclic) bond motifs is 1. The van der Waals surface area contributed by atoms with Crippen LogP contribution in [0.5, 0.6) is 0 Å². The van der Waals surface area contributed by atoms with E-state index >= 15 is 0 Å². The Morgan fingerprint density at radius 2 is 1.74 bits per heavy atom. The molecule has 1 aromatic heterocycles. The van der Waals surface area contributed by atoms with Gasteiger partial charge < -0.3 is 4.90 Å². The highest BCUT2D eigenvalue weighted by Gasteiger charge is 2.26. The minimum Gasteiger partial charge on any atom is -0.333 e. The van der Waals surface area contributed by atoms with Crippen molar-refractivity contribution in [2.45, 2.75) is 72.3 Å². The minimum atomic E-state index is -0.356. The maximum atomic E-state index is 13.6. The molecule has 0 aliphatic rings. The van der Waals surface area contributed by atoms with Crippen molar-refractivity contribution in [1.82, 2.24) is 14.5 Å². The van der Waals surface area contributed by atoms with E-state index in [0.717, 1.165) is 32.1 Å². The summed E-state index contributed by atoms with van der Waals surface area (Å²) in [5.41, 5.74) is 1.18. The van der Waals surface area contributed by atoms with Crippen LogP contribution in [0.4, 0.5) is 0 Å². The van der Waals surface area contributed by atoms with Crippen LogP contribution < -0.4 is 5.56 Å². The summed E-state index contributed by atoms with van der Waals surface area (Å²) in [6.07, 6.45) is 5.61. The van der Waals surface area contributed by atoms with Crippen LogP contribution in [0.2, 0.25) is 5.02 Å². The Balaban J connectivity index is 2.08. The van der Waals surface area contributed by atoms with Gasteiger partial charge in [0, 0.05) is 18.0 Å². The molecule has 34 heavy (non-hydrogen) atoms. The lowest BCUT2D eigenvalue weighted by Gasteiger charge is -2.31. The van der Waals surface area contributed by atoms with Gasteiger partial charge in [-0.3, -0.25) is 14.2 Å². The summed E-state index contributed by atoms with van der Waals surface area (Å²) in [6.45, 7) is 9.10. The molecule has 6 heteroatoms. The Kier molecular flexibility index (Phi) is 9.28. The first-order valence-corrected chi connectivity index (χ1v) is 12.8. The predicted molar refractivity (Wildman–Crippen MR) is 141 cm³/mol. The van der Waals surface area contributed by atoms with Gasteiger partial charge >= 0.3 is 0 Å². The van der Waals surface area contributed by atoms with Gasteiger partial charge in [-0.25, -0.2) is 4.98 Å². The Morgan fingerprint density at radius 3 is 2.41 bits per heavy atom. The molecule has 0 aliphatic heterocycles. The molecule has 1 heterocycles. The topological polar surface area (TPSA) is 55.2 Å². The van der Waals surface area contributed by atoms with Gasteiger partial charge in [-0.15, -0.1) is 0 Å². The van der Waals surface area contributed by atoms with Gasteiger partial charge in [0.2, 0.25) is 5.91 Å². The molecule has 182 valence electrons. The van der Waals surface area contributed by atoms with Gasteiger partial charge in [-0.1, -0.05) is 63.8 Å². The molecule has 2 aromatic carbocycles. The van der Waals surface area contributed by atoms with Crippen LogP contribution in [-0.4, -0.2) is 26.9 Å². The second kappa shape index (κ2) is 12.2. The van der Waals surface area contributed by atoms with Crippen molar-refractivity contribution in [2.24, 2.45) is 5.92 Å². The van der Waals surface area contributed by atoms with Crippen molar-refractivity contribution in [3.63, 3.8) is 0 Å². The fraction of sp³-hybridized carbons (Fsp3) is 0.464. The summed E-state index contributed by atoms with van der Waals surface area (Å²) in [7, 11) is 0. The standard InChI is InChI=1S/C28H36ClN3O2/c1-5-6-7-8-13-26(33)31(19-18-20(2)3)21(4)27-30-25-12-10-9-11-24(25)28(34)32(27)23-16-14-22(29)15-17-23/h9-12,14-17,20-21H,5-8,13,18-19H2,1-4H3. The van der Waals surface area contributed by atoms with Crippen LogP contribution in [0.25, 0.3) is 16.6 Å². The molecule has 0 fully saturated rings. The highest BCUT2D eigenvalue weighted by atomic mass is 35.5. The average Bonchev–Trinajstić information content (AvgIpc) is 2.82. The van der Waals surface area contributed by atoms with E-state index in [2.05, 4.69) is 20.8 Å². The quantitative estimate of drug-likeness (QED) is 0.278. The zero-order valence-electron chi connectivity index (χ0n) is 20.8. The number of carbonyl (C=O) groups is 1. The number of aromatic nitrogens is 2. The molecule has 0 radical (unpaired) electrons. The number of halogens is 1. The van der Waals surface area contributed by atoms with E-state index in [1.807, 2.05) is 42.2 Å². The Hall–Kier alpha value is -2.66. The first-order chi connectivity index (χ1) is 16.3. The molecule has 5 nitrogen and oxygen atoms in total. The van der Waals surface area contributed by atoms with Gasteiger partial charge in [0.1, 0.15) is 5.82 Å². The zero-order valence-corrected chi connectivity index (χ0v) is 21.5. The molecule has 3 aromatic rings. The molecule has 1 unspecified atom stereocenters. The molecule has 3 rings (SSSR count). The molecule has 0 saturated carbocycles. The maximum Gasteiger partial charge on any atom is 0.266 e. The van der Waals surface area contributed by atoms with E-state index < -0.39 is 0 Å². The number of amides is 1. The van der Waals surface area contributed by atoms with Crippen molar-refractivity contribution < 1.29 is 4.79 Å². The van der Waals surface area contributed by atoms with E-state index in [-0.39, 0.29) is 17.5 Å². The van der Waals surface area contributed by atoms with Gasteiger partial charge in [-0.2, -0.15) is 0 Å². The number of hydrogen-bond acceptors (Lipinski definition) is 3. The van der Waals surface area contributed by atoms with Crippen LogP contribution in [0.1, 0.15) is 78.1 Å². The summed E-state index contributed by atoms with van der Waals surface area (Å²) in [5, 5.41) is 1.15. The zero-order chi connectivity index (χ0) is 24.7. The highest BCUT2D eigenvalue weighted by Crippen LogP contribution is 2.25. The third-order valence-electron chi connectivity index (χ3n) is 6.24. The molecular formula is C28H36ClN3O2. The van der Waals surface area contributed by atoms with Crippen molar-refractivity contribution in [1.29, 1.82) is 0 Å². The largest absolute Gasteiger partial charge is 0.333 e. The van der Waals surface area contributed by atoms with Gasteiger partial charge in [-0.05, 0) is 62.1 Å².